The van der Waals surface area contributed by atoms with Crippen molar-refractivity contribution < 1.29 is 14.3 Å². The molecule has 0 fully saturated rings. The number of carbonyl (C=O) groups is 2. The minimum atomic E-state index is -0.763. The van der Waals surface area contributed by atoms with Gasteiger partial charge in [-0.3, -0.25) is 4.79 Å². The molecule has 0 spiro atoms. The van der Waals surface area contributed by atoms with Crippen LogP contribution in [0.5, 0.6) is 0 Å². The van der Waals surface area contributed by atoms with Crippen molar-refractivity contribution in [3.8, 4) is 0 Å². The van der Waals surface area contributed by atoms with Crippen molar-refractivity contribution in [2.45, 2.75) is 87.0 Å². The molecule has 0 heterocycles. The van der Waals surface area contributed by atoms with E-state index >= 15 is 0 Å². The molecule has 0 rings (SSSR count). The zero-order valence-corrected chi connectivity index (χ0v) is 20.4. The normalized spacial score (nSPS) is 13.0. The van der Waals surface area contributed by atoms with Gasteiger partial charge in [0.2, 0.25) is 0 Å². The maximum Gasteiger partial charge on any atom is 0.379 e. The largest absolute Gasteiger partial charge is 0.460 e. The molecule has 30 heavy (non-hydrogen) atoms. The van der Waals surface area contributed by atoms with E-state index in [1.54, 1.807) is 13.8 Å². The van der Waals surface area contributed by atoms with E-state index in [0.717, 1.165) is 57.3 Å². The summed E-state index contributed by atoms with van der Waals surface area (Å²) in [5, 5.41) is 0. The van der Waals surface area contributed by atoms with Gasteiger partial charge in [-0.15, -0.1) is 6.58 Å². The molecule has 0 saturated heterocycles. The summed E-state index contributed by atoms with van der Waals surface area (Å²) in [7, 11) is 0. The fraction of sp³-hybridized carbons (Fsp3) is 0.615. The molecule has 0 bridgehead atoms. The highest BCUT2D eigenvalue weighted by Gasteiger charge is 2.22. The van der Waals surface area contributed by atoms with Crippen molar-refractivity contribution in [3.63, 3.8) is 0 Å². The van der Waals surface area contributed by atoms with Crippen molar-refractivity contribution in [2.24, 2.45) is 0 Å². The van der Waals surface area contributed by atoms with E-state index in [1.165, 1.54) is 16.7 Å². The lowest BCUT2D eigenvalue weighted by atomic mass is 10.0. The summed E-state index contributed by atoms with van der Waals surface area (Å²) >= 11 is 0. The zero-order chi connectivity index (χ0) is 23.1. The van der Waals surface area contributed by atoms with Gasteiger partial charge in [0, 0.05) is 24.4 Å². The summed E-state index contributed by atoms with van der Waals surface area (Å²) in [5.74, 6) is -1.29. The van der Waals surface area contributed by atoms with Gasteiger partial charge in [0.05, 0.1) is 6.61 Å². The highest BCUT2D eigenvalue weighted by atomic mass is 16.5. The molecule has 0 amide bonds. The van der Waals surface area contributed by atoms with Gasteiger partial charge in [0.25, 0.3) is 5.78 Å². The molecular formula is C26H43NO3. The number of nitrogens with zero attached hydrogens (tertiary/aromatic N) is 1. The first-order valence-corrected chi connectivity index (χ1v) is 11.3. The Labute approximate surface area is 184 Å². The van der Waals surface area contributed by atoms with Crippen LogP contribution < -0.4 is 0 Å². The van der Waals surface area contributed by atoms with Crippen LogP contribution in [0.15, 0.2) is 46.7 Å². The maximum absolute atomic E-state index is 12.4. The van der Waals surface area contributed by atoms with Gasteiger partial charge in [-0.1, -0.05) is 28.9 Å². The first-order valence-electron chi connectivity index (χ1n) is 11.3. The number of carbonyl (C=O) groups excluding carboxylic acids is 2. The van der Waals surface area contributed by atoms with Crippen LogP contribution >= 0.6 is 0 Å². The second kappa shape index (κ2) is 15.7. The molecule has 0 atom stereocenters. The van der Waals surface area contributed by atoms with Crippen LogP contribution in [-0.4, -0.2) is 36.3 Å². The van der Waals surface area contributed by atoms with Crippen molar-refractivity contribution in [1.29, 1.82) is 0 Å². The molecule has 0 saturated carbocycles. The Morgan fingerprint density at radius 3 is 1.87 bits per heavy atom. The Morgan fingerprint density at radius 1 is 0.833 bits per heavy atom. The quantitative estimate of drug-likeness (QED) is 0.131. The minimum Gasteiger partial charge on any atom is -0.460 e. The maximum atomic E-state index is 12.4. The third-order valence-electron chi connectivity index (χ3n) is 5.23. The predicted molar refractivity (Wildman–Crippen MR) is 127 cm³/mol. The van der Waals surface area contributed by atoms with E-state index in [0.29, 0.717) is 5.57 Å². The second-order valence-corrected chi connectivity index (χ2v) is 7.93. The molecule has 0 aromatic carbocycles. The Morgan fingerprint density at radius 2 is 1.37 bits per heavy atom. The van der Waals surface area contributed by atoms with Gasteiger partial charge in [0.1, 0.15) is 0 Å². The molecule has 0 aromatic rings. The van der Waals surface area contributed by atoms with Crippen molar-refractivity contribution >= 4 is 11.8 Å². The predicted octanol–water partition coefficient (Wildman–Crippen LogP) is 6.54. The second-order valence-electron chi connectivity index (χ2n) is 7.93. The standard InChI is InChI=1S/C26H43NO3/c1-9-27(10-2)24(23(8)25(28)26(29)30-11-3)19-18-22(7)17-13-16-21(6)15-12-14-20(4)5/h15,17H,4,9-14,16,18-19H2,1-3,5-8H3. The van der Waals surface area contributed by atoms with Crippen LogP contribution in [0.2, 0.25) is 0 Å². The molecule has 0 radical (unpaired) electrons. The first-order chi connectivity index (χ1) is 14.2. The number of ketones is 1. The minimum absolute atomic E-state index is 0.210. The fourth-order valence-electron chi connectivity index (χ4n) is 3.30. The van der Waals surface area contributed by atoms with E-state index in [4.69, 9.17) is 4.74 Å². The lowest BCUT2D eigenvalue weighted by Crippen LogP contribution is -2.27. The number of rotatable bonds is 15. The van der Waals surface area contributed by atoms with Crippen LogP contribution in [0.1, 0.15) is 87.0 Å². The third-order valence-corrected chi connectivity index (χ3v) is 5.23. The highest BCUT2D eigenvalue weighted by Crippen LogP contribution is 2.21. The van der Waals surface area contributed by atoms with Crippen LogP contribution in [0.4, 0.5) is 0 Å². The molecule has 0 aromatic heterocycles. The average molecular weight is 418 g/mol. The lowest BCUT2D eigenvalue weighted by molar-refractivity contribution is -0.151. The molecule has 0 aliphatic heterocycles. The molecule has 0 aliphatic rings. The third kappa shape index (κ3) is 11.2. The van der Waals surface area contributed by atoms with Gasteiger partial charge >= 0.3 is 5.97 Å². The molecule has 0 unspecified atom stereocenters. The van der Waals surface area contributed by atoms with E-state index in [1.807, 2.05) is 0 Å². The van der Waals surface area contributed by atoms with E-state index < -0.39 is 11.8 Å². The van der Waals surface area contributed by atoms with E-state index in [-0.39, 0.29) is 6.61 Å². The zero-order valence-electron chi connectivity index (χ0n) is 20.4. The SMILES string of the molecule is C=C(C)CCC=C(C)CCC=C(C)CCC(=C(C)C(=O)C(=O)OCC)N(CC)CC. The van der Waals surface area contributed by atoms with Crippen LogP contribution in [-0.2, 0) is 14.3 Å². The smallest absolute Gasteiger partial charge is 0.379 e. The van der Waals surface area contributed by atoms with E-state index in [9.17, 15) is 9.59 Å². The van der Waals surface area contributed by atoms with Gasteiger partial charge in [-0.05, 0) is 87.0 Å². The van der Waals surface area contributed by atoms with Gasteiger partial charge in [0.15, 0.2) is 0 Å². The summed E-state index contributed by atoms with van der Waals surface area (Å²) in [5.41, 5.74) is 5.40. The Bertz CT molecular complexity index is 664. The average Bonchev–Trinajstić information content (AvgIpc) is 2.69. The summed E-state index contributed by atoms with van der Waals surface area (Å²) in [6.07, 6.45) is 10.4. The van der Waals surface area contributed by atoms with Crippen molar-refractivity contribution in [2.75, 3.05) is 19.7 Å². The number of allylic oxidation sites excluding steroid dienone is 6. The summed E-state index contributed by atoms with van der Waals surface area (Å²) in [6, 6.07) is 0. The Hall–Kier alpha value is -2.10. The number of Topliss-reactive ketones (excluding diaryl/α,β-unsaturated/α-hetero) is 1. The van der Waals surface area contributed by atoms with E-state index in [2.05, 4.69) is 58.2 Å². The first kappa shape index (κ1) is 27.9. The fourth-order valence-corrected chi connectivity index (χ4v) is 3.30. The summed E-state index contributed by atoms with van der Waals surface area (Å²) < 4.78 is 4.90. The Balaban J connectivity index is 5.04. The van der Waals surface area contributed by atoms with Gasteiger partial charge in [-0.2, -0.15) is 0 Å². The van der Waals surface area contributed by atoms with Crippen LogP contribution in [0.25, 0.3) is 0 Å². The van der Waals surface area contributed by atoms with Gasteiger partial charge in [-0.25, -0.2) is 4.79 Å². The monoisotopic (exact) mass is 417 g/mol. The van der Waals surface area contributed by atoms with Crippen molar-refractivity contribution in [1.82, 2.24) is 4.90 Å². The number of hydrogen-bond acceptors (Lipinski definition) is 4. The molecular weight excluding hydrogens is 374 g/mol. The van der Waals surface area contributed by atoms with Crippen LogP contribution in [0.3, 0.4) is 0 Å². The summed E-state index contributed by atoms with van der Waals surface area (Å²) in [4.78, 5) is 26.5. The summed E-state index contributed by atoms with van der Waals surface area (Å²) in [6.45, 7) is 19.7. The molecule has 170 valence electrons. The van der Waals surface area contributed by atoms with Gasteiger partial charge < -0.3 is 9.64 Å². The lowest BCUT2D eigenvalue weighted by Gasteiger charge is -2.26. The molecule has 0 N–H and O–H groups in total. The van der Waals surface area contributed by atoms with Crippen LogP contribution in [0, 0.1) is 0 Å². The number of esters is 1. The molecule has 4 heteroatoms. The number of hydrogen-bond donors (Lipinski definition) is 0. The topological polar surface area (TPSA) is 46.6 Å². The molecule has 4 nitrogen and oxygen atoms in total. The highest BCUT2D eigenvalue weighted by molar-refractivity contribution is 6.40. The molecule has 0 aliphatic carbocycles. The number of ether oxygens (including phenoxy) is 1. The Kier molecular flexibility index (Phi) is 14.6. The van der Waals surface area contributed by atoms with Crippen molar-refractivity contribution in [3.05, 3.63) is 46.7 Å².